The van der Waals surface area contributed by atoms with Crippen LogP contribution < -0.4 is 5.32 Å². The molecule has 2 fully saturated rings. The van der Waals surface area contributed by atoms with E-state index < -0.39 is 0 Å². The van der Waals surface area contributed by atoms with Crippen LogP contribution >= 0.6 is 11.8 Å². The number of carbonyl (C=O) groups excluding carboxylic acids is 2. The lowest BCUT2D eigenvalue weighted by atomic mass is 9.99. The molecule has 2 saturated carbocycles. The fourth-order valence-electron chi connectivity index (χ4n) is 3.45. The van der Waals surface area contributed by atoms with Gasteiger partial charge in [-0.3, -0.25) is 9.59 Å². The first-order valence-electron chi connectivity index (χ1n) is 9.22. The van der Waals surface area contributed by atoms with E-state index in [0.717, 1.165) is 22.2 Å². The Kier molecular flexibility index (Phi) is 3.85. The molecule has 7 heteroatoms. The third-order valence-corrected chi connectivity index (χ3v) is 6.14. The van der Waals surface area contributed by atoms with Crippen LogP contribution in [-0.2, 0) is 11.2 Å². The number of aromatic nitrogens is 3. The molecule has 0 unspecified atom stereocenters. The predicted molar refractivity (Wildman–Crippen MR) is 98.7 cm³/mol. The fourth-order valence-corrected chi connectivity index (χ4v) is 4.36. The van der Waals surface area contributed by atoms with Crippen LogP contribution in [0.1, 0.15) is 65.8 Å². The number of amides is 1. The predicted octanol–water partition coefficient (Wildman–Crippen LogP) is 3.35. The Morgan fingerprint density at radius 1 is 1.19 bits per heavy atom. The maximum Gasteiger partial charge on any atom is 0.224 e. The second kappa shape index (κ2) is 6.23. The highest BCUT2D eigenvalue weighted by atomic mass is 32.2. The van der Waals surface area contributed by atoms with E-state index in [2.05, 4.69) is 20.1 Å². The molecule has 26 heavy (non-hydrogen) atoms. The van der Waals surface area contributed by atoms with Crippen LogP contribution in [0, 0.1) is 0 Å². The molecule has 3 aliphatic rings. The first kappa shape index (κ1) is 16.1. The molecule has 0 radical (unpaired) electrons. The molecule has 1 aromatic carbocycles. The SMILES string of the molecule is O=C1CCc2cc(C(=O)CSc3nnc(C4CC4)n3C3CC3)ccc2N1. The first-order chi connectivity index (χ1) is 12.7. The number of Topliss-reactive ketones (excluding diaryl/α,β-unsaturated/α-hetero) is 1. The van der Waals surface area contributed by atoms with Crippen molar-refractivity contribution in [2.45, 2.75) is 55.6 Å². The van der Waals surface area contributed by atoms with Gasteiger partial charge in [-0.15, -0.1) is 10.2 Å². The number of aryl methyl sites for hydroxylation is 1. The van der Waals surface area contributed by atoms with Gasteiger partial charge in [-0.1, -0.05) is 11.8 Å². The van der Waals surface area contributed by atoms with E-state index in [0.29, 0.717) is 36.1 Å². The minimum atomic E-state index is 0.0398. The smallest absolute Gasteiger partial charge is 0.224 e. The molecular weight excluding hydrogens is 348 g/mol. The van der Waals surface area contributed by atoms with Crippen molar-refractivity contribution < 1.29 is 9.59 Å². The van der Waals surface area contributed by atoms with Gasteiger partial charge in [0.25, 0.3) is 0 Å². The lowest BCUT2D eigenvalue weighted by Crippen LogP contribution is -2.19. The summed E-state index contributed by atoms with van der Waals surface area (Å²) in [4.78, 5) is 24.1. The van der Waals surface area contributed by atoms with Gasteiger partial charge in [-0.05, 0) is 55.9 Å². The molecule has 2 heterocycles. The zero-order chi connectivity index (χ0) is 17.7. The van der Waals surface area contributed by atoms with Gasteiger partial charge in [0.05, 0.1) is 5.75 Å². The summed E-state index contributed by atoms with van der Waals surface area (Å²) in [7, 11) is 0. The van der Waals surface area contributed by atoms with Gasteiger partial charge in [0.15, 0.2) is 10.9 Å². The van der Waals surface area contributed by atoms with E-state index in [4.69, 9.17) is 0 Å². The molecule has 6 nitrogen and oxygen atoms in total. The number of hydrogen-bond donors (Lipinski definition) is 1. The van der Waals surface area contributed by atoms with Crippen molar-refractivity contribution in [3.8, 4) is 0 Å². The van der Waals surface area contributed by atoms with Crippen LogP contribution in [0.15, 0.2) is 23.4 Å². The van der Waals surface area contributed by atoms with E-state index >= 15 is 0 Å². The number of nitrogens with zero attached hydrogens (tertiary/aromatic N) is 3. The van der Waals surface area contributed by atoms with Gasteiger partial charge in [0.2, 0.25) is 5.91 Å². The summed E-state index contributed by atoms with van der Waals surface area (Å²) in [5.41, 5.74) is 2.57. The summed E-state index contributed by atoms with van der Waals surface area (Å²) in [6.45, 7) is 0. The summed E-state index contributed by atoms with van der Waals surface area (Å²) in [5.74, 6) is 2.18. The average molecular weight is 368 g/mol. The van der Waals surface area contributed by atoms with Crippen LogP contribution in [0.2, 0.25) is 0 Å². The molecule has 1 aliphatic heterocycles. The van der Waals surface area contributed by atoms with Gasteiger partial charge in [0, 0.05) is 29.6 Å². The number of fused-ring (bicyclic) bond motifs is 1. The first-order valence-corrected chi connectivity index (χ1v) is 10.2. The number of anilines is 1. The summed E-state index contributed by atoms with van der Waals surface area (Å²) >= 11 is 1.49. The zero-order valence-electron chi connectivity index (χ0n) is 14.4. The zero-order valence-corrected chi connectivity index (χ0v) is 15.2. The lowest BCUT2D eigenvalue weighted by Gasteiger charge is -2.17. The van der Waals surface area contributed by atoms with E-state index in [9.17, 15) is 9.59 Å². The van der Waals surface area contributed by atoms with Gasteiger partial charge < -0.3 is 9.88 Å². The number of hydrogen-bond acceptors (Lipinski definition) is 5. The van der Waals surface area contributed by atoms with Crippen LogP contribution in [0.5, 0.6) is 0 Å². The number of rotatable bonds is 6. The fraction of sp³-hybridized carbons (Fsp3) is 0.474. The summed E-state index contributed by atoms with van der Waals surface area (Å²) < 4.78 is 2.28. The Labute approximate surface area is 155 Å². The van der Waals surface area contributed by atoms with Crippen molar-refractivity contribution in [1.29, 1.82) is 0 Å². The van der Waals surface area contributed by atoms with Crippen molar-refractivity contribution in [2.75, 3.05) is 11.1 Å². The molecule has 0 atom stereocenters. The Morgan fingerprint density at radius 2 is 2.04 bits per heavy atom. The van der Waals surface area contributed by atoms with E-state index in [1.54, 1.807) is 6.07 Å². The number of benzene rings is 1. The monoisotopic (exact) mass is 368 g/mol. The standard InChI is InChI=1S/C19H20N4O2S/c24-16(13-3-7-15-12(9-13)4-8-17(25)20-15)10-26-19-22-21-18(11-1-2-11)23(19)14-5-6-14/h3,7,9,11,14H,1-2,4-6,8,10H2,(H,20,25). The van der Waals surface area contributed by atoms with E-state index in [1.807, 2.05) is 12.1 Å². The maximum absolute atomic E-state index is 12.7. The van der Waals surface area contributed by atoms with Gasteiger partial charge >= 0.3 is 0 Å². The van der Waals surface area contributed by atoms with E-state index in [1.165, 1.54) is 37.4 Å². The molecule has 1 aromatic heterocycles. The molecule has 1 amide bonds. The van der Waals surface area contributed by atoms with Crippen molar-refractivity contribution in [2.24, 2.45) is 0 Å². The Balaban J connectivity index is 1.30. The molecular formula is C19H20N4O2S. The third-order valence-electron chi connectivity index (χ3n) is 5.20. The molecule has 134 valence electrons. The molecule has 0 bridgehead atoms. The highest BCUT2D eigenvalue weighted by Gasteiger charge is 2.36. The Bertz CT molecular complexity index is 899. The quantitative estimate of drug-likeness (QED) is 0.625. The average Bonchev–Trinajstić information content (AvgIpc) is 3.58. The van der Waals surface area contributed by atoms with Gasteiger partial charge in [0.1, 0.15) is 5.82 Å². The highest BCUT2D eigenvalue weighted by Crippen LogP contribution is 2.46. The third kappa shape index (κ3) is 3.05. The normalized spacial score (nSPS) is 19.2. The van der Waals surface area contributed by atoms with Crippen LogP contribution in [0.3, 0.4) is 0 Å². The molecule has 5 rings (SSSR count). The maximum atomic E-state index is 12.7. The number of nitrogens with one attached hydrogen (secondary N) is 1. The van der Waals surface area contributed by atoms with E-state index in [-0.39, 0.29) is 11.7 Å². The van der Waals surface area contributed by atoms with Crippen LogP contribution in [0.25, 0.3) is 0 Å². The summed E-state index contributed by atoms with van der Waals surface area (Å²) in [5, 5.41) is 12.5. The summed E-state index contributed by atoms with van der Waals surface area (Å²) in [6.07, 6.45) is 5.97. The highest BCUT2D eigenvalue weighted by molar-refractivity contribution is 7.99. The van der Waals surface area contributed by atoms with Crippen molar-refractivity contribution >= 4 is 29.1 Å². The topological polar surface area (TPSA) is 76.9 Å². The molecule has 0 saturated heterocycles. The van der Waals surface area contributed by atoms with Crippen LogP contribution in [-0.4, -0.2) is 32.2 Å². The second-order valence-corrected chi connectivity index (χ2v) is 8.29. The largest absolute Gasteiger partial charge is 0.326 e. The number of thioether (sulfide) groups is 1. The molecule has 2 aliphatic carbocycles. The Morgan fingerprint density at radius 3 is 2.81 bits per heavy atom. The van der Waals surface area contributed by atoms with Crippen LogP contribution in [0.4, 0.5) is 5.69 Å². The minimum Gasteiger partial charge on any atom is -0.326 e. The number of carbonyl (C=O) groups is 2. The minimum absolute atomic E-state index is 0.0398. The summed E-state index contributed by atoms with van der Waals surface area (Å²) in [6, 6.07) is 6.08. The number of ketones is 1. The van der Waals surface area contributed by atoms with Crippen molar-refractivity contribution in [3.05, 3.63) is 35.2 Å². The van der Waals surface area contributed by atoms with Crippen molar-refractivity contribution in [1.82, 2.24) is 14.8 Å². The van der Waals surface area contributed by atoms with Gasteiger partial charge in [-0.25, -0.2) is 0 Å². The molecule has 0 spiro atoms. The van der Waals surface area contributed by atoms with Gasteiger partial charge in [-0.2, -0.15) is 0 Å². The molecule has 2 aromatic rings. The Hall–Kier alpha value is -2.15. The molecule has 1 N–H and O–H groups in total. The van der Waals surface area contributed by atoms with Crippen molar-refractivity contribution in [3.63, 3.8) is 0 Å². The second-order valence-electron chi connectivity index (χ2n) is 7.35. The lowest BCUT2D eigenvalue weighted by molar-refractivity contribution is -0.116.